The number of benzene rings is 1. The summed E-state index contributed by atoms with van der Waals surface area (Å²) in [6.07, 6.45) is -4.72. The number of hydrogen-bond acceptors (Lipinski definition) is 3. The van der Waals surface area contributed by atoms with Gasteiger partial charge in [0, 0.05) is 12.1 Å². The van der Waals surface area contributed by atoms with Crippen LogP contribution in [0.2, 0.25) is 0 Å². The lowest BCUT2D eigenvalue weighted by atomic mass is 9.98. The van der Waals surface area contributed by atoms with Crippen LogP contribution in [0.25, 0.3) is 0 Å². The van der Waals surface area contributed by atoms with Crippen LogP contribution in [0.1, 0.15) is 30.5 Å². The molecule has 2 N–H and O–H groups in total. The standard InChI is InChI=1S/C14H15F3N2O3/c1-8(18-13(21)22-7-14(15,16)17)9-2-4-11-10(6-9)3-5-12(20)19-11/h2,4,6,8H,3,5,7H2,1H3,(H,18,21)(H,19,20)/t8-/m1/s1. The topological polar surface area (TPSA) is 67.4 Å². The van der Waals surface area contributed by atoms with Crippen molar-refractivity contribution in [3.05, 3.63) is 29.3 Å². The largest absolute Gasteiger partial charge is 0.440 e. The molecular weight excluding hydrogens is 301 g/mol. The Balaban J connectivity index is 1.97. The van der Waals surface area contributed by atoms with Gasteiger partial charge in [-0.2, -0.15) is 13.2 Å². The Kier molecular flexibility index (Phi) is 4.58. The maximum Gasteiger partial charge on any atom is 0.422 e. The highest BCUT2D eigenvalue weighted by Gasteiger charge is 2.29. The number of nitrogens with one attached hydrogen (secondary N) is 2. The van der Waals surface area contributed by atoms with Gasteiger partial charge in [0.2, 0.25) is 5.91 Å². The maximum absolute atomic E-state index is 12.0. The molecule has 0 aliphatic carbocycles. The summed E-state index contributed by atoms with van der Waals surface area (Å²) in [7, 11) is 0. The Bertz CT molecular complexity index is 587. The number of rotatable bonds is 3. The van der Waals surface area contributed by atoms with E-state index in [-0.39, 0.29) is 5.91 Å². The lowest BCUT2D eigenvalue weighted by molar-refractivity contribution is -0.160. The molecule has 2 amide bonds. The van der Waals surface area contributed by atoms with E-state index in [1.54, 1.807) is 19.1 Å². The third-order valence-electron chi connectivity index (χ3n) is 3.23. The van der Waals surface area contributed by atoms with E-state index in [0.29, 0.717) is 18.5 Å². The molecule has 1 aliphatic rings. The molecule has 22 heavy (non-hydrogen) atoms. The molecule has 0 saturated carbocycles. The second kappa shape index (κ2) is 6.25. The van der Waals surface area contributed by atoms with Crippen molar-refractivity contribution in [2.45, 2.75) is 32.0 Å². The summed E-state index contributed by atoms with van der Waals surface area (Å²) < 4.78 is 40.0. The number of anilines is 1. The van der Waals surface area contributed by atoms with E-state index in [0.717, 1.165) is 11.1 Å². The van der Waals surface area contributed by atoms with Crippen LogP contribution in [-0.4, -0.2) is 24.8 Å². The first kappa shape index (κ1) is 16.1. The third kappa shape index (κ3) is 4.37. The molecule has 2 rings (SSSR count). The number of aryl methyl sites for hydroxylation is 1. The minimum atomic E-state index is -4.55. The summed E-state index contributed by atoms with van der Waals surface area (Å²) >= 11 is 0. The number of fused-ring (bicyclic) bond motifs is 1. The highest BCUT2D eigenvalue weighted by atomic mass is 19.4. The minimum Gasteiger partial charge on any atom is -0.440 e. The van der Waals surface area contributed by atoms with Gasteiger partial charge in [0.05, 0.1) is 6.04 Å². The third-order valence-corrected chi connectivity index (χ3v) is 3.23. The average molecular weight is 316 g/mol. The van der Waals surface area contributed by atoms with Crippen LogP contribution in [-0.2, 0) is 16.0 Å². The monoisotopic (exact) mass is 316 g/mol. The van der Waals surface area contributed by atoms with Crippen LogP contribution in [0.3, 0.4) is 0 Å². The fourth-order valence-corrected chi connectivity index (χ4v) is 2.12. The van der Waals surface area contributed by atoms with Crippen LogP contribution in [0.15, 0.2) is 18.2 Å². The molecular formula is C14H15F3N2O3. The van der Waals surface area contributed by atoms with E-state index >= 15 is 0 Å². The second-order valence-corrected chi connectivity index (χ2v) is 5.02. The number of carbonyl (C=O) groups excluding carboxylic acids is 2. The van der Waals surface area contributed by atoms with Gasteiger partial charge in [-0.1, -0.05) is 12.1 Å². The van der Waals surface area contributed by atoms with Crippen molar-refractivity contribution in [1.82, 2.24) is 5.32 Å². The van der Waals surface area contributed by atoms with E-state index in [1.165, 1.54) is 0 Å². The van der Waals surface area contributed by atoms with Crippen molar-refractivity contribution in [3.8, 4) is 0 Å². The van der Waals surface area contributed by atoms with Crippen LogP contribution in [0.5, 0.6) is 0 Å². The highest BCUT2D eigenvalue weighted by molar-refractivity contribution is 5.93. The first-order valence-corrected chi connectivity index (χ1v) is 6.67. The van der Waals surface area contributed by atoms with Gasteiger partial charge in [0.1, 0.15) is 0 Å². The predicted molar refractivity (Wildman–Crippen MR) is 72.3 cm³/mol. The Morgan fingerprint density at radius 1 is 1.41 bits per heavy atom. The lowest BCUT2D eigenvalue weighted by Crippen LogP contribution is -2.31. The summed E-state index contributed by atoms with van der Waals surface area (Å²) in [4.78, 5) is 22.6. The molecule has 0 spiro atoms. The zero-order valence-electron chi connectivity index (χ0n) is 11.8. The van der Waals surface area contributed by atoms with E-state index in [2.05, 4.69) is 15.4 Å². The van der Waals surface area contributed by atoms with Gasteiger partial charge < -0.3 is 15.4 Å². The fourth-order valence-electron chi connectivity index (χ4n) is 2.12. The number of alkyl halides is 3. The highest BCUT2D eigenvalue weighted by Crippen LogP contribution is 2.26. The normalized spacial score (nSPS) is 15.5. The number of amides is 2. The van der Waals surface area contributed by atoms with Crippen LogP contribution >= 0.6 is 0 Å². The Morgan fingerprint density at radius 2 is 2.14 bits per heavy atom. The average Bonchev–Trinajstić information content (AvgIpc) is 2.43. The van der Waals surface area contributed by atoms with Crippen molar-refractivity contribution >= 4 is 17.7 Å². The Labute approximate surface area is 124 Å². The van der Waals surface area contributed by atoms with Crippen molar-refractivity contribution in [1.29, 1.82) is 0 Å². The predicted octanol–water partition coefficient (Wildman–Crippen LogP) is 2.92. The molecule has 1 atom stereocenters. The fraction of sp³-hybridized carbons (Fsp3) is 0.429. The van der Waals surface area contributed by atoms with Crippen LogP contribution in [0.4, 0.5) is 23.7 Å². The van der Waals surface area contributed by atoms with Gasteiger partial charge in [0.15, 0.2) is 6.61 Å². The number of carbonyl (C=O) groups is 2. The minimum absolute atomic E-state index is 0.0536. The first-order valence-electron chi connectivity index (χ1n) is 6.67. The molecule has 1 aliphatic heterocycles. The molecule has 0 aromatic heterocycles. The van der Waals surface area contributed by atoms with Gasteiger partial charge in [-0.15, -0.1) is 0 Å². The molecule has 0 bridgehead atoms. The second-order valence-electron chi connectivity index (χ2n) is 5.02. The van der Waals surface area contributed by atoms with Crippen molar-refractivity contribution in [2.24, 2.45) is 0 Å². The summed E-state index contributed by atoms with van der Waals surface area (Å²) in [6.45, 7) is 0.0136. The van der Waals surface area contributed by atoms with Crippen molar-refractivity contribution < 1.29 is 27.5 Å². The maximum atomic E-state index is 12.0. The molecule has 0 radical (unpaired) electrons. The molecule has 8 heteroatoms. The van der Waals surface area contributed by atoms with E-state index < -0.39 is 24.9 Å². The molecule has 1 aromatic carbocycles. The molecule has 0 saturated heterocycles. The Morgan fingerprint density at radius 3 is 2.82 bits per heavy atom. The van der Waals surface area contributed by atoms with Gasteiger partial charge in [-0.25, -0.2) is 4.79 Å². The van der Waals surface area contributed by atoms with Crippen LogP contribution < -0.4 is 10.6 Å². The quantitative estimate of drug-likeness (QED) is 0.901. The molecule has 0 fully saturated rings. The van der Waals surface area contributed by atoms with Crippen LogP contribution in [0, 0.1) is 0 Å². The summed E-state index contributed by atoms with van der Waals surface area (Å²) in [5, 5.41) is 5.06. The van der Waals surface area contributed by atoms with E-state index in [9.17, 15) is 22.8 Å². The van der Waals surface area contributed by atoms with E-state index in [4.69, 9.17) is 0 Å². The summed E-state index contributed by atoms with van der Waals surface area (Å²) in [5.41, 5.74) is 2.36. The van der Waals surface area contributed by atoms with Gasteiger partial charge in [0.25, 0.3) is 0 Å². The SMILES string of the molecule is C[C@@H](NC(=O)OCC(F)(F)F)c1ccc2c(c1)CCC(=O)N2. The van der Waals surface area contributed by atoms with E-state index in [1.807, 2.05) is 6.07 Å². The Hall–Kier alpha value is -2.25. The van der Waals surface area contributed by atoms with Gasteiger partial charge >= 0.3 is 12.3 Å². The van der Waals surface area contributed by atoms with Gasteiger partial charge in [-0.05, 0) is 30.5 Å². The summed E-state index contributed by atoms with van der Waals surface area (Å²) in [5.74, 6) is -0.0536. The number of ether oxygens (including phenoxy) is 1. The molecule has 0 unspecified atom stereocenters. The van der Waals surface area contributed by atoms with Gasteiger partial charge in [-0.3, -0.25) is 4.79 Å². The van der Waals surface area contributed by atoms with Crippen molar-refractivity contribution in [3.63, 3.8) is 0 Å². The molecule has 1 heterocycles. The number of halogens is 3. The smallest absolute Gasteiger partial charge is 0.422 e. The summed E-state index contributed by atoms with van der Waals surface area (Å²) in [6, 6.07) is 4.70. The zero-order chi connectivity index (χ0) is 16.3. The molecule has 1 aromatic rings. The molecule has 120 valence electrons. The first-order chi connectivity index (χ1) is 10.2. The lowest BCUT2D eigenvalue weighted by Gasteiger charge is -2.20. The number of alkyl carbamates (subject to hydrolysis) is 1. The molecule has 5 nitrogen and oxygen atoms in total. The van der Waals surface area contributed by atoms with Crippen molar-refractivity contribution in [2.75, 3.05) is 11.9 Å². The number of hydrogen-bond donors (Lipinski definition) is 2. The zero-order valence-corrected chi connectivity index (χ0v) is 11.8.